The van der Waals surface area contributed by atoms with Crippen LogP contribution in [0.2, 0.25) is 10.0 Å². The zero-order valence-electron chi connectivity index (χ0n) is 8.98. The lowest BCUT2D eigenvalue weighted by molar-refractivity contribution is -0.137. The normalized spacial score (nSPS) is 12.7. The van der Waals surface area contributed by atoms with Gasteiger partial charge in [0.2, 0.25) is 0 Å². The number of Topliss-reactive ketones (excluding diaryl/α,β-unsaturated/α-hetero) is 1. The van der Waals surface area contributed by atoms with Crippen LogP contribution in [0.25, 0.3) is 0 Å². The van der Waals surface area contributed by atoms with Crippen LogP contribution in [0.15, 0.2) is 17.2 Å². The van der Waals surface area contributed by atoms with Gasteiger partial charge in [-0.3, -0.25) is 4.79 Å². The van der Waals surface area contributed by atoms with Gasteiger partial charge in [0.15, 0.2) is 5.78 Å². The van der Waals surface area contributed by atoms with Gasteiger partial charge in [0.05, 0.1) is 15.6 Å². The van der Waals surface area contributed by atoms with Crippen molar-refractivity contribution < 1.29 is 18.0 Å². The molecule has 8 heteroatoms. The van der Waals surface area contributed by atoms with E-state index in [1.165, 1.54) is 0 Å². The minimum Gasteiger partial charge on any atom is -0.323 e. The molecule has 1 rings (SSSR count). The van der Waals surface area contributed by atoms with Gasteiger partial charge in [-0.25, -0.2) is 0 Å². The second-order valence-electron chi connectivity index (χ2n) is 3.35. The van der Waals surface area contributed by atoms with Crippen LogP contribution in [0.4, 0.5) is 13.2 Å². The summed E-state index contributed by atoms with van der Waals surface area (Å²) in [6.07, 6.45) is -4.58. The molecular weight excluding hydrogens is 292 g/mol. The lowest BCUT2D eigenvalue weighted by Gasteiger charge is -2.12. The van der Waals surface area contributed by atoms with Gasteiger partial charge in [0.25, 0.3) is 0 Å². The van der Waals surface area contributed by atoms with Gasteiger partial charge in [-0.2, -0.15) is 18.3 Å². The molecule has 0 heterocycles. The molecule has 0 aliphatic rings. The number of hydrogen-bond donors (Lipinski definition) is 1. The third kappa shape index (κ3) is 2.94. The number of carbonyl (C=O) groups is 1. The molecule has 2 N–H and O–H groups in total. The molecule has 1 aromatic carbocycles. The highest BCUT2D eigenvalue weighted by atomic mass is 35.5. The van der Waals surface area contributed by atoms with Crippen LogP contribution in [0.3, 0.4) is 0 Å². The number of alkyl halides is 3. The number of rotatable bonds is 2. The Kier molecular flexibility index (Phi) is 4.24. The van der Waals surface area contributed by atoms with Crippen LogP contribution in [-0.4, -0.2) is 11.5 Å². The molecule has 0 saturated carbocycles. The molecule has 18 heavy (non-hydrogen) atoms. The largest absolute Gasteiger partial charge is 0.416 e. The number of ketones is 1. The van der Waals surface area contributed by atoms with Crippen LogP contribution in [0, 0.1) is 0 Å². The molecule has 0 amide bonds. The lowest BCUT2D eigenvalue weighted by Crippen LogP contribution is -2.16. The summed E-state index contributed by atoms with van der Waals surface area (Å²) in [4.78, 5) is 11.2. The van der Waals surface area contributed by atoms with Crippen LogP contribution in [0.1, 0.15) is 18.1 Å². The Morgan fingerprint density at radius 3 is 2.00 bits per heavy atom. The predicted molar refractivity (Wildman–Crippen MR) is 62.9 cm³/mol. The predicted octanol–water partition coefficient (Wildman–Crippen LogP) is 3.26. The van der Waals surface area contributed by atoms with E-state index in [9.17, 15) is 18.0 Å². The third-order valence-corrected chi connectivity index (χ3v) is 2.66. The van der Waals surface area contributed by atoms with E-state index in [2.05, 4.69) is 5.10 Å². The van der Waals surface area contributed by atoms with Gasteiger partial charge in [0.1, 0.15) is 5.71 Å². The number of nitrogens with zero attached hydrogens (tertiary/aromatic N) is 1. The molecule has 0 saturated heterocycles. The van der Waals surface area contributed by atoms with Crippen LogP contribution < -0.4 is 5.84 Å². The zero-order valence-corrected chi connectivity index (χ0v) is 10.5. The number of nitrogens with two attached hydrogens (primary N) is 1. The maximum atomic E-state index is 12.5. The van der Waals surface area contributed by atoms with Crippen molar-refractivity contribution in [3.8, 4) is 0 Å². The zero-order chi connectivity index (χ0) is 14.1. The molecule has 0 radical (unpaired) electrons. The highest BCUT2D eigenvalue weighted by Gasteiger charge is 2.32. The van der Waals surface area contributed by atoms with Crippen molar-refractivity contribution >= 4 is 34.7 Å². The molecule has 1 aromatic rings. The Balaban J connectivity index is 3.47. The van der Waals surface area contributed by atoms with E-state index in [0.29, 0.717) is 12.1 Å². The van der Waals surface area contributed by atoms with Crippen molar-refractivity contribution in [2.75, 3.05) is 0 Å². The van der Waals surface area contributed by atoms with E-state index in [1.54, 1.807) is 0 Å². The summed E-state index contributed by atoms with van der Waals surface area (Å²) in [6, 6.07) is 1.33. The summed E-state index contributed by atoms with van der Waals surface area (Å²) in [7, 11) is 0. The Morgan fingerprint density at radius 2 is 1.72 bits per heavy atom. The Bertz CT molecular complexity index is 503. The first kappa shape index (κ1) is 14.8. The Morgan fingerprint density at radius 1 is 1.28 bits per heavy atom. The minimum absolute atomic E-state index is 0.110. The fourth-order valence-corrected chi connectivity index (χ4v) is 1.96. The summed E-state index contributed by atoms with van der Waals surface area (Å²) >= 11 is 11.4. The van der Waals surface area contributed by atoms with E-state index in [4.69, 9.17) is 29.0 Å². The molecule has 0 unspecified atom stereocenters. The smallest absolute Gasteiger partial charge is 0.323 e. The van der Waals surface area contributed by atoms with E-state index in [1.807, 2.05) is 0 Å². The fourth-order valence-electron chi connectivity index (χ4n) is 1.29. The van der Waals surface area contributed by atoms with Crippen LogP contribution >= 0.6 is 23.2 Å². The SMILES string of the molecule is CC(=O)C(=NN)c1c(Cl)cc(C(F)(F)F)cc1Cl. The minimum atomic E-state index is -4.58. The van der Waals surface area contributed by atoms with Crippen molar-refractivity contribution in [3.05, 3.63) is 33.3 Å². The molecule has 0 aromatic heterocycles. The van der Waals surface area contributed by atoms with Gasteiger partial charge in [0, 0.05) is 12.5 Å². The molecule has 0 spiro atoms. The fraction of sp³-hybridized carbons (Fsp3) is 0.200. The number of carbonyl (C=O) groups excluding carboxylic acids is 1. The summed E-state index contributed by atoms with van der Waals surface area (Å²) in [5.41, 5.74) is -1.40. The second-order valence-corrected chi connectivity index (χ2v) is 4.16. The highest BCUT2D eigenvalue weighted by Crippen LogP contribution is 2.36. The molecule has 3 nitrogen and oxygen atoms in total. The molecule has 0 fully saturated rings. The second kappa shape index (κ2) is 5.16. The lowest BCUT2D eigenvalue weighted by atomic mass is 10.0. The maximum absolute atomic E-state index is 12.5. The molecule has 0 bridgehead atoms. The Labute approximate surface area is 110 Å². The highest BCUT2D eigenvalue weighted by molar-refractivity contribution is 6.52. The summed E-state index contributed by atoms with van der Waals surface area (Å²) < 4.78 is 37.4. The maximum Gasteiger partial charge on any atom is 0.416 e. The standard InChI is InChI=1S/C10H7Cl2F3N2O/c1-4(18)9(17-16)8-6(11)2-5(3-7(8)12)10(13,14)15/h2-3H,16H2,1H3. The van der Waals surface area contributed by atoms with E-state index in [-0.39, 0.29) is 21.3 Å². The van der Waals surface area contributed by atoms with Gasteiger partial charge < -0.3 is 5.84 Å². The van der Waals surface area contributed by atoms with Gasteiger partial charge in [-0.15, -0.1) is 0 Å². The van der Waals surface area contributed by atoms with Crippen LogP contribution in [0.5, 0.6) is 0 Å². The van der Waals surface area contributed by atoms with Crippen molar-refractivity contribution in [2.45, 2.75) is 13.1 Å². The molecule has 0 aliphatic carbocycles. The quantitative estimate of drug-likeness (QED) is 0.517. The molecule has 0 aliphatic heterocycles. The number of benzene rings is 1. The topological polar surface area (TPSA) is 55.5 Å². The average Bonchev–Trinajstić information content (AvgIpc) is 2.20. The van der Waals surface area contributed by atoms with Crippen molar-refractivity contribution in [2.24, 2.45) is 10.9 Å². The number of hydrazone groups is 1. The van der Waals surface area contributed by atoms with E-state index < -0.39 is 17.5 Å². The average molecular weight is 299 g/mol. The number of halogens is 5. The summed E-state index contributed by atoms with van der Waals surface area (Å²) in [5.74, 6) is 4.44. The first-order valence-electron chi connectivity index (χ1n) is 4.54. The van der Waals surface area contributed by atoms with Gasteiger partial charge >= 0.3 is 6.18 Å². The van der Waals surface area contributed by atoms with E-state index >= 15 is 0 Å². The molecule has 0 atom stereocenters. The van der Waals surface area contributed by atoms with Crippen molar-refractivity contribution in [1.82, 2.24) is 0 Å². The van der Waals surface area contributed by atoms with Gasteiger partial charge in [-0.05, 0) is 12.1 Å². The monoisotopic (exact) mass is 298 g/mol. The van der Waals surface area contributed by atoms with Crippen LogP contribution in [-0.2, 0) is 11.0 Å². The Hall–Kier alpha value is -1.27. The van der Waals surface area contributed by atoms with Crippen molar-refractivity contribution in [3.63, 3.8) is 0 Å². The summed E-state index contributed by atoms with van der Waals surface area (Å²) in [5, 5.41) is 2.51. The number of hydrogen-bond acceptors (Lipinski definition) is 3. The summed E-state index contributed by atoms with van der Waals surface area (Å²) in [6.45, 7) is 1.15. The third-order valence-electron chi connectivity index (χ3n) is 2.07. The van der Waals surface area contributed by atoms with E-state index in [0.717, 1.165) is 6.92 Å². The van der Waals surface area contributed by atoms with Gasteiger partial charge in [-0.1, -0.05) is 23.2 Å². The first-order chi connectivity index (χ1) is 8.18. The molecular formula is C10H7Cl2F3N2O. The first-order valence-corrected chi connectivity index (χ1v) is 5.29. The molecule has 98 valence electrons. The van der Waals surface area contributed by atoms with Crippen molar-refractivity contribution in [1.29, 1.82) is 0 Å².